The largest absolute Gasteiger partial charge is 0.399 e. The number of rotatable bonds is 1. The fourth-order valence-corrected chi connectivity index (χ4v) is 1.65. The van der Waals surface area contributed by atoms with Crippen molar-refractivity contribution < 1.29 is 0 Å². The predicted molar refractivity (Wildman–Crippen MR) is 64.3 cm³/mol. The molecule has 0 saturated carbocycles. The van der Waals surface area contributed by atoms with Crippen molar-refractivity contribution >= 4 is 28.9 Å². The molecule has 0 fully saturated rings. The molecule has 2 N–H and O–H groups in total. The summed E-state index contributed by atoms with van der Waals surface area (Å²) in [6, 6.07) is 7.96. The molecule has 1 aromatic carbocycles. The van der Waals surface area contributed by atoms with E-state index in [4.69, 9.17) is 28.9 Å². The fraction of sp³-hybridized carbons (Fsp3) is 0. The summed E-state index contributed by atoms with van der Waals surface area (Å²) in [5.41, 5.74) is 6.28. The van der Waals surface area contributed by atoms with Crippen molar-refractivity contribution in [1.29, 1.82) is 0 Å². The molecular weight excluding hydrogens is 249 g/mol. The predicted octanol–water partition coefficient (Wildman–Crippen LogP) is 2.12. The van der Waals surface area contributed by atoms with Gasteiger partial charge < -0.3 is 5.73 Å². The van der Waals surface area contributed by atoms with Crippen molar-refractivity contribution in [2.45, 2.75) is 0 Å². The highest BCUT2D eigenvalue weighted by Crippen LogP contribution is 2.12. The van der Waals surface area contributed by atoms with Crippen molar-refractivity contribution in [3.05, 3.63) is 50.9 Å². The molecule has 0 saturated heterocycles. The van der Waals surface area contributed by atoms with Gasteiger partial charge in [-0.3, -0.25) is 4.79 Å². The van der Waals surface area contributed by atoms with Gasteiger partial charge >= 0.3 is 0 Å². The number of halogens is 2. The monoisotopic (exact) mass is 255 g/mol. The van der Waals surface area contributed by atoms with Crippen molar-refractivity contribution in [1.82, 2.24) is 9.78 Å². The Kier molecular flexibility index (Phi) is 2.85. The van der Waals surface area contributed by atoms with Crippen LogP contribution in [0.1, 0.15) is 0 Å². The number of anilines is 1. The van der Waals surface area contributed by atoms with Crippen molar-refractivity contribution in [2.24, 2.45) is 0 Å². The van der Waals surface area contributed by atoms with Gasteiger partial charge in [0.05, 0.1) is 5.69 Å². The van der Waals surface area contributed by atoms with Gasteiger partial charge in [-0.2, -0.15) is 9.78 Å². The third kappa shape index (κ3) is 2.03. The topological polar surface area (TPSA) is 60.9 Å². The maximum atomic E-state index is 11.7. The molecule has 16 heavy (non-hydrogen) atoms. The molecule has 0 atom stereocenters. The summed E-state index contributed by atoms with van der Waals surface area (Å²) in [6.07, 6.45) is 0. The van der Waals surface area contributed by atoms with Crippen LogP contribution in [-0.2, 0) is 0 Å². The summed E-state index contributed by atoms with van der Waals surface area (Å²) in [5.74, 6) is 0. The van der Waals surface area contributed by atoms with Crippen LogP contribution in [-0.4, -0.2) is 9.78 Å². The van der Waals surface area contributed by atoms with Gasteiger partial charge in [0.1, 0.15) is 5.02 Å². The van der Waals surface area contributed by atoms with E-state index in [2.05, 4.69) is 5.10 Å². The third-order valence-electron chi connectivity index (χ3n) is 1.98. The maximum absolute atomic E-state index is 11.7. The second-order valence-corrected chi connectivity index (χ2v) is 3.92. The van der Waals surface area contributed by atoms with E-state index in [-0.39, 0.29) is 10.2 Å². The molecule has 82 valence electrons. The number of hydrogen-bond donors (Lipinski definition) is 1. The van der Waals surface area contributed by atoms with Crippen LogP contribution in [0.5, 0.6) is 0 Å². The Morgan fingerprint density at radius 2 is 1.81 bits per heavy atom. The summed E-state index contributed by atoms with van der Waals surface area (Å²) >= 11 is 11.4. The summed E-state index contributed by atoms with van der Waals surface area (Å²) in [5, 5.41) is 4.06. The van der Waals surface area contributed by atoms with Gasteiger partial charge in [0.25, 0.3) is 5.56 Å². The highest BCUT2D eigenvalue weighted by molar-refractivity contribution is 6.33. The van der Waals surface area contributed by atoms with Crippen LogP contribution in [0.2, 0.25) is 10.2 Å². The maximum Gasteiger partial charge on any atom is 0.290 e. The highest BCUT2D eigenvalue weighted by atomic mass is 35.5. The first-order valence-electron chi connectivity index (χ1n) is 4.39. The Hall–Kier alpha value is -1.52. The minimum absolute atomic E-state index is 0.0248. The number of hydrogen-bond acceptors (Lipinski definition) is 3. The van der Waals surface area contributed by atoms with Gasteiger partial charge in [-0.25, -0.2) is 0 Å². The van der Waals surface area contributed by atoms with Crippen LogP contribution in [0.3, 0.4) is 0 Å². The molecule has 4 nitrogen and oxygen atoms in total. The van der Waals surface area contributed by atoms with Crippen LogP contribution in [0, 0.1) is 0 Å². The Bertz CT molecular complexity index is 578. The van der Waals surface area contributed by atoms with E-state index in [1.807, 2.05) is 0 Å². The smallest absolute Gasteiger partial charge is 0.290 e. The van der Waals surface area contributed by atoms with Crippen LogP contribution < -0.4 is 11.3 Å². The second-order valence-electron chi connectivity index (χ2n) is 3.12. The molecule has 1 heterocycles. The van der Waals surface area contributed by atoms with E-state index in [1.54, 1.807) is 24.3 Å². The van der Waals surface area contributed by atoms with Gasteiger partial charge in [0.2, 0.25) is 0 Å². The van der Waals surface area contributed by atoms with Crippen LogP contribution in [0.15, 0.2) is 35.1 Å². The van der Waals surface area contributed by atoms with Crippen molar-refractivity contribution in [3.63, 3.8) is 0 Å². The zero-order chi connectivity index (χ0) is 11.7. The molecule has 2 aromatic rings. The fourth-order valence-electron chi connectivity index (χ4n) is 1.23. The molecule has 0 amide bonds. The minimum Gasteiger partial charge on any atom is -0.399 e. The zero-order valence-electron chi connectivity index (χ0n) is 8.02. The number of nitrogens with zero attached hydrogens (tertiary/aromatic N) is 2. The number of benzene rings is 1. The lowest BCUT2D eigenvalue weighted by Crippen LogP contribution is -2.21. The molecule has 0 aliphatic heterocycles. The average molecular weight is 256 g/mol. The van der Waals surface area contributed by atoms with E-state index in [0.29, 0.717) is 11.4 Å². The number of nitrogens with two attached hydrogens (primary N) is 1. The van der Waals surface area contributed by atoms with E-state index >= 15 is 0 Å². The summed E-state index contributed by atoms with van der Waals surface area (Å²) in [4.78, 5) is 11.7. The Balaban J connectivity index is 2.64. The molecule has 0 unspecified atom stereocenters. The Labute approximate surface area is 101 Å². The first kappa shape index (κ1) is 11.0. The number of nitrogen functional groups attached to an aromatic ring is 1. The minimum atomic E-state index is -0.421. The number of aromatic nitrogens is 2. The molecular formula is C10H7Cl2N3O. The van der Waals surface area contributed by atoms with Gasteiger partial charge in [-0.15, -0.1) is 0 Å². The van der Waals surface area contributed by atoms with E-state index in [1.165, 1.54) is 6.07 Å². The first-order chi connectivity index (χ1) is 7.58. The van der Waals surface area contributed by atoms with Crippen LogP contribution in [0.4, 0.5) is 5.69 Å². The van der Waals surface area contributed by atoms with E-state index in [9.17, 15) is 4.79 Å². The summed E-state index contributed by atoms with van der Waals surface area (Å²) in [7, 11) is 0. The highest BCUT2D eigenvalue weighted by Gasteiger charge is 2.06. The molecule has 2 rings (SSSR count). The molecule has 0 spiro atoms. The van der Waals surface area contributed by atoms with Crippen LogP contribution in [0.25, 0.3) is 5.69 Å². The lowest BCUT2D eigenvalue weighted by molar-refractivity contribution is 0.808. The summed E-state index contributed by atoms with van der Waals surface area (Å²) in [6.45, 7) is 0. The van der Waals surface area contributed by atoms with Gasteiger partial charge in [-0.1, -0.05) is 23.2 Å². The zero-order valence-corrected chi connectivity index (χ0v) is 9.53. The van der Waals surface area contributed by atoms with Crippen molar-refractivity contribution in [2.75, 3.05) is 5.73 Å². The van der Waals surface area contributed by atoms with E-state index < -0.39 is 5.56 Å². The van der Waals surface area contributed by atoms with E-state index in [0.717, 1.165) is 4.68 Å². The normalized spacial score (nSPS) is 10.4. The van der Waals surface area contributed by atoms with Gasteiger partial charge in [0.15, 0.2) is 5.15 Å². The average Bonchev–Trinajstić information content (AvgIpc) is 2.25. The quantitative estimate of drug-likeness (QED) is 0.795. The lowest BCUT2D eigenvalue weighted by Gasteiger charge is -2.05. The Morgan fingerprint density at radius 3 is 2.44 bits per heavy atom. The molecule has 0 aliphatic carbocycles. The molecule has 1 aromatic heterocycles. The molecule has 6 heteroatoms. The van der Waals surface area contributed by atoms with Gasteiger partial charge in [0, 0.05) is 11.8 Å². The Morgan fingerprint density at radius 1 is 1.19 bits per heavy atom. The lowest BCUT2D eigenvalue weighted by atomic mass is 10.3. The van der Waals surface area contributed by atoms with Crippen LogP contribution >= 0.6 is 23.2 Å². The van der Waals surface area contributed by atoms with Gasteiger partial charge in [-0.05, 0) is 24.3 Å². The summed E-state index contributed by atoms with van der Waals surface area (Å²) < 4.78 is 1.13. The second kappa shape index (κ2) is 4.15. The third-order valence-corrected chi connectivity index (χ3v) is 2.43. The molecule has 0 bridgehead atoms. The standard InChI is InChI=1S/C10H7Cl2N3O/c11-8-5-9(12)14-15(10(8)16)7-3-1-6(13)2-4-7/h1-5H,13H2. The molecule has 0 aliphatic rings. The van der Waals surface area contributed by atoms with Crippen molar-refractivity contribution in [3.8, 4) is 5.69 Å². The SMILES string of the molecule is Nc1ccc(-n2nc(Cl)cc(Cl)c2=O)cc1. The first-order valence-corrected chi connectivity index (χ1v) is 5.15. The molecule has 0 radical (unpaired) electrons.